The van der Waals surface area contributed by atoms with Crippen LogP contribution in [0, 0.1) is 0 Å². The number of methoxy groups -OCH3 is 1. The number of likely N-dealkylation sites (tertiary alicyclic amines) is 1. The summed E-state index contributed by atoms with van der Waals surface area (Å²) in [5, 5.41) is 11.3. The fourth-order valence-corrected chi connectivity index (χ4v) is 6.31. The van der Waals surface area contributed by atoms with Crippen LogP contribution in [0.15, 0.2) is 18.2 Å². The summed E-state index contributed by atoms with van der Waals surface area (Å²) in [6.07, 6.45) is 2.31. The minimum absolute atomic E-state index is 0.240. The third kappa shape index (κ3) is 2.77. The van der Waals surface area contributed by atoms with Crippen molar-refractivity contribution in [2.45, 2.75) is 24.8 Å². The third-order valence-corrected chi connectivity index (χ3v) is 7.53. The van der Waals surface area contributed by atoms with Crippen molar-refractivity contribution in [1.82, 2.24) is 13.8 Å². The van der Waals surface area contributed by atoms with Crippen LogP contribution >= 0.6 is 0 Å². The highest BCUT2D eigenvalue weighted by molar-refractivity contribution is 7.88. The van der Waals surface area contributed by atoms with Crippen LogP contribution in [0.5, 0.6) is 5.75 Å². The van der Waals surface area contributed by atoms with Crippen molar-refractivity contribution >= 4 is 20.9 Å². The molecule has 0 radical (unpaired) electrons. The molecule has 1 fully saturated rings. The molecule has 0 amide bonds. The van der Waals surface area contributed by atoms with E-state index in [-0.39, 0.29) is 12.0 Å². The molecule has 7 nitrogen and oxygen atoms in total. The minimum atomic E-state index is -3.46. The number of fused-ring (bicyclic) bond motifs is 4. The second kappa shape index (κ2) is 6.73. The summed E-state index contributed by atoms with van der Waals surface area (Å²) in [5.41, 5.74) is 2.86. The van der Waals surface area contributed by atoms with E-state index < -0.39 is 16.1 Å². The highest BCUT2D eigenvalue weighted by Crippen LogP contribution is 2.50. The van der Waals surface area contributed by atoms with Gasteiger partial charge in [-0.3, -0.25) is 0 Å². The van der Waals surface area contributed by atoms with Crippen LogP contribution < -0.4 is 4.74 Å². The van der Waals surface area contributed by atoms with E-state index in [9.17, 15) is 13.5 Å². The zero-order chi connectivity index (χ0) is 20.3. The van der Waals surface area contributed by atoms with Crippen LogP contribution in [0.4, 0.5) is 0 Å². The van der Waals surface area contributed by atoms with Gasteiger partial charge in [-0.2, -0.15) is 4.31 Å². The number of rotatable bonds is 5. The molecule has 1 N–H and O–H groups in total. The van der Waals surface area contributed by atoms with Gasteiger partial charge in [0.1, 0.15) is 5.75 Å². The van der Waals surface area contributed by atoms with Crippen LogP contribution in [0.25, 0.3) is 10.9 Å². The van der Waals surface area contributed by atoms with Gasteiger partial charge in [-0.05, 0) is 30.7 Å². The first-order valence-corrected chi connectivity index (χ1v) is 11.6. The second-order valence-electron chi connectivity index (χ2n) is 8.20. The highest BCUT2D eigenvalue weighted by Gasteiger charge is 2.54. The molecule has 2 aliphatic heterocycles. The van der Waals surface area contributed by atoms with E-state index >= 15 is 0 Å². The van der Waals surface area contributed by atoms with Gasteiger partial charge in [0.05, 0.1) is 31.5 Å². The first kappa shape index (κ1) is 19.7. The standard InChI is InChI=1S/C20H29N3O4S/c1-5-8-22-11-20(12-22)13-23(28(4,25)26)17(10-24)19-18(20)15-7-6-14(27-3)9-16(15)21(19)2/h6-7,9,17,24H,5,8,10-13H2,1-4H3/t17-/m0/s1. The largest absolute Gasteiger partial charge is 0.497 e. The molecule has 0 aliphatic carbocycles. The number of ether oxygens (including phenoxy) is 1. The fourth-order valence-electron chi connectivity index (χ4n) is 5.20. The first-order valence-electron chi connectivity index (χ1n) is 9.72. The van der Waals surface area contributed by atoms with Crippen molar-refractivity contribution < 1.29 is 18.3 Å². The summed E-state index contributed by atoms with van der Waals surface area (Å²) in [5.74, 6) is 0.765. The molecule has 1 aromatic heterocycles. The fraction of sp³-hybridized carbons (Fsp3) is 0.600. The maximum atomic E-state index is 12.6. The lowest BCUT2D eigenvalue weighted by Crippen LogP contribution is -2.67. The number of aryl methyl sites for hydroxylation is 1. The summed E-state index contributed by atoms with van der Waals surface area (Å²) in [7, 11) is 0.133. The molecule has 4 rings (SSSR count). The number of benzene rings is 1. The molecule has 3 heterocycles. The number of hydrogen-bond acceptors (Lipinski definition) is 5. The van der Waals surface area contributed by atoms with Crippen LogP contribution in [0.1, 0.15) is 30.6 Å². The van der Waals surface area contributed by atoms with Gasteiger partial charge in [-0.15, -0.1) is 0 Å². The molecular formula is C20H29N3O4S. The number of aromatic nitrogens is 1. The van der Waals surface area contributed by atoms with Gasteiger partial charge < -0.3 is 19.3 Å². The topological polar surface area (TPSA) is 75.0 Å². The smallest absolute Gasteiger partial charge is 0.211 e. The van der Waals surface area contributed by atoms with Gasteiger partial charge in [0, 0.05) is 49.2 Å². The van der Waals surface area contributed by atoms with E-state index in [0.29, 0.717) is 6.54 Å². The van der Waals surface area contributed by atoms with Crippen molar-refractivity contribution in [3.8, 4) is 5.75 Å². The van der Waals surface area contributed by atoms with Crippen LogP contribution in [0.2, 0.25) is 0 Å². The van der Waals surface area contributed by atoms with E-state index in [4.69, 9.17) is 4.74 Å². The van der Waals surface area contributed by atoms with Crippen molar-refractivity contribution in [2.24, 2.45) is 7.05 Å². The Hall–Kier alpha value is -1.61. The summed E-state index contributed by atoms with van der Waals surface area (Å²) < 4.78 is 34.1. The third-order valence-electron chi connectivity index (χ3n) is 6.30. The Balaban J connectivity index is 1.96. The number of nitrogens with zero attached hydrogens (tertiary/aromatic N) is 3. The van der Waals surface area contributed by atoms with Crippen LogP contribution in [0.3, 0.4) is 0 Å². The predicted molar refractivity (Wildman–Crippen MR) is 109 cm³/mol. The maximum absolute atomic E-state index is 12.6. The van der Waals surface area contributed by atoms with Crippen LogP contribution in [-0.2, 0) is 22.5 Å². The van der Waals surface area contributed by atoms with E-state index in [1.807, 2.05) is 23.7 Å². The Morgan fingerprint density at radius 3 is 2.57 bits per heavy atom. The monoisotopic (exact) mass is 407 g/mol. The summed E-state index contributed by atoms with van der Waals surface area (Å²) in [6, 6.07) is 5.44. The quantitative estimate of drug-likeness (QED) is 0.812. The summed E-state index contributed by atoms with van der Waals surface area (Å²) in [4.78, 5) is 2.38. The normalized spacial score (nSPS) is 22.4. The molecule has 0 saturated carbocycles. The molecule has 1 spiro atoms. The van der Waals surface area contributed by atoms with E-state index in [0.717, 1.165) is 48.4 Å². The molecule has 1 aromatic carbocycles. The van der Waals surface area contributed by atoms with E-state index in [1.54, 1.807) is 7.11 Å². The van der Waals surface area contributed by atoms with E-state index in [2.05, 4.69) is 17.9 Å². The molecule has 2 aliphatic rings. The van der Waals surface area contributed by atoms with Gasteiger partial charge in [0.15, 0.2) is 0 Å². The SMILES string of the molecule is CCCN1CC2(C1)CN(S(C)(=O)=O)[C@@H](CO)c1c2c2ccc(OC)cc2n1C. The van der Waals surface area contributed by atoms with Crippen molar-refractivity contribution in [1.29, 1.82) is 0 Å². The molecule has 0 unspecified atom stereocenters. The molecule has 1 atom stereocenters. The molecule has 8 heteroatoms. The average Bonchev–Trinajstić information content (AvgIpc) is 2.92. The average molecular weight is 408 g/mol. The zero-order valence-electron chi connectivity index (χ0n) is 17.0. The number of hydrogen-bond donors (Lipinski definition) is 1. The molecule has 0 bridgehead atoms. The second-order valence-corrected chi connectivity index (χ2v) is 10.1. The minimum Gasteiger partial charge on any atom is -0.497 e. The lowest BCUT2D eigenvalue weighted by atomic mass is 9.69. The first-order chi connectivity index (χ1) is 13.3. The van der Waals surface area contributed by atoms with Crippen molar-refractivity contribution in [2.75, 3.05) is 46.2 Å². The Labute approximate surface area is 166 Å². The van der Waals surface area contributed by atoms with Crippen LogP contribution in [-0.4, -0.2) is 73.4 Å². The van der Waals surface area contributed by atoms with Gasteiger partial charge in [0.25, 0.3) is 0 Å². The van der Waals surface area contributed by atoms with Gasteiger partial charge >= 0.3 is 0 Å². The Morgan fingerprint density at radius 1 is 1.29 bits per heavy atom. The summed E-state index contributed by atoms with van der Waals surface area (Å²) >= 11 is 0. The summed E-state index contributed by atoms with van der Waals surface area (Å²) in [6.45, 7) is 5.02. The van der Waals surface area contributed by atoms with Crippen molar-refractivity contribution in [3.63, 3.8) is 0 Å². The highest BCUT2D eigenvalue weighted by atomic mass is 32.2. The lowest BCUT2D eigenvalue weighted by molar-refractivity contribution is 0.0248. The molecular weight excluding hydrogens is 378 g/mol. The van der Waals surface area contributed by atoms with Gasteiger partial charge in [-0.25, -0.2) is 8.42 Å². The van der Waals surface area contributed by atoms with Gasteiger partial charge in [-0.1, -0.05) is 6.92 Å². The molecule has 2 aromatic rings. The van der Waals surface area contributed by atoms with Crippen molar-refractivity contribution in [3.05, 3.63) is 29.5 Å². The number of sulfonamides is 1. The lowest BCUT2D eigenvalue weighted by Gasteiger charge is -2.56. The van der Waals surface area contributed by atoms with Gasteiger partial charge in [0.2, 0.25) is 10.0 Å². The molecule has 1 saturated heterocycles. The number of aliphatic hydroxyl groups excluding tert-OH is 1. The van der Waals surface area contributed by atoms with E-state index in [1.165, 1.54) is 16.1 Å². The Kier molecular flexibility index (Phi) is 4.73. The Bertz CT molecular complexity index is 1010. The zero-order valence-corrected chi connectivity index (χ0v) is 17.8. The Morgan fingerprint density at radius 2 is 2.00 bits per heavy atom. The predicted octanol–water partition coefficient (Wildman–Crippen LogP) is 1.46. The maximum Gasteiger partial charge on any atom is 0.211 e. The molecule has 28 heavy (non-hydrogen) atoms. The molecule has 154 valence electrons. The number of aliphatic hydroxyl groups is 1.